The van der Waals surface area contributed by atoms with Crippen molar-refractivity contribution in [3.63, 3.8) is 0 Å². The lowest BCUT2D eigenvalue weighted by molar-refractivity contribution is -0.139. The number of hydrogen-bond acceptors (Lipinski definition) is 5. The third kappa shape index (κ3) is 6.71. The van der Waals surface area contributed by atoms with E-state index < -0.39 is 18.0 Å². The highest BCUT2D eigenvalue weighted by molar-refractivity contribution is 7.98. The summed E-state index contributed by atoms with van der Waals surface area (Å²) in [5, 5.41) is 3.09. The van der Waals surface area contributed by atoms with Gasteiger partial charge in [-0.2, -0.15) is 11.8 Å². The van der Waals surface area contributed by atoms with Crippen molar-refractivity contribution in [2.75, 3.05) is 18.8 Å². The second-order valence-electron chi connectivity index (χ2n) is 11.4. The lowest BCUT2D eigenvalue weighted by Crippen LogP contribution is -2.54. The molecule has 45 heavy (non-hydrogen) atoms. The van der Waals surface area contributed by atoms with E-state index >= 15 is 0 Å². The van der Waals surface area contributed by atoms with Crippen LogP contribution in [0.15, 0.2) is 121 Å². The van der Waals surface area contributed by atoms with E-state index in [9.17, 15) is 19.2 Å². The van der Waals surface area contributed by atoms with E-state index in [1.807, 2.05) is 97.1 Å². The van der Waals surface area contributed by atoms with Gasteiger partial charge >= 0.3 is 0 Å². The first-order valence-corrected chi connectivity index (χ1v) is 16.4. The number of carbonyl (C=O) groups excluding carboxylic acids is 4. The minimum Gasteiger partial charge on any atom is -0.343 e. The molecule has 0 radical (unpaired) electrons. The Morgan fingerprint density at radius 1 is 0.756 bits per heavy atom. The van der Waals surface area contributed by atoms with Crippen molar-refractivity contribution in [3.8, 4) is 0 Å². The first-order chi connectivity index (χ1) is 22.0. The van der Waals surface area contributed by atoms with Crippen LogP contribution in [-0.4, -0.2) is 70.3 Å². The van der Waals surface area contributed by atoms with Gasteiger partial charge in [-0.25, -0.2) is 0 Å². The smallest absolute Gasteiger partial charge is 0.254 e. The maximum absolute atomic E-state index is 14.3. The molecule has 7 nitrogen and oxygen atoms in total. The molecule has 3 unspecified atom stereocenters. The molecule has 0 bridgehead atoms. The molecule has 3 atom stereocenters. The van der Waals surface area contributed by atoms with Crippen molar-refractivity contribution in [2.45, 2.75) is 36.2 Å². The van der Waals surface area contributed by atoms with Gasteiger partial charge in [0.2, 0.25) is 11.8 Å². The summed E-state index contributed by atoms with van der Waals surface area (Å²) < 4.78 is 0. The van der Waals surface area contributed by atoms with E-state index in [-0.39, 0.29) is 36.1 Å². The predicted molar refractivity (Wildman–Crippen MR) is 176 cm³/mol. The van der Waals surface area contributed by atoms with Crippen LogP contribution in [0.25, 0.3) is 0 Å². The fourth-order valence-electron chi connectivity index (χ4n) is 6.37. The lowest BCUT2D eigenvalue weighted by atomic mass is 9.90. The Bertz CT molecular complexity index is 1600. The average Bonchev–Trinajstić information content (AvgIpc) is 3.67. The van der Waals surface area contributed by atoms with Gasteiger partial charge in [0.15, 0.2) is 5.78 Å². The van der Waals surface area contributed by atoms with Gasteiger partial charge < -0.3 is 15.1 Å². The van der Waals surface area contributed by atoms with Crippen LogP contribution < -0.4 is 5.32 Å². The summed E-state index contributed by atoms with van der Waals surface area (Å²) >= 11 is 1.56. The first kappa shape index (κ1) is 30.3. The lowest BCUT2D eigenvalue weighted by Gasteiger charge is -2.29. The summed E-state index contributed by atoms with van der Waals surface area (Å²) in [6, 6.07) is 36.0. The molecule has 2 saturated heterocycles. The quantitative estimate of drug-likeness (QED) is 0.273. The van der Waals surface area contributed by atoms with Crippen LogP contribution in [-0.2, 0) is 20.1 Å². The number of nitrogens with one attached hydrogen (secondary N) is 1. The molecule has 3 amide bonds. The van der Waals surface area contributed by atoms with E-state index in [1.165, 1.54) is 0 Å². The number of hydrogen-bond donors (Lipinski definition) is 1. The van der Waals surface area contributed by atoms with E-state index in [0.29, 0.717) is 30.0 Å². The van der Waals surface area contributed by atoms with Crippen molar-refractivity contribution in [3.05, 3.63) is 144 Å². The fraction of sp³-hybridized carbons (Fsp3) is 0.243. The number of Topliss-reactive ketones (excluding diaryl/α,β-unsaturated/α-hetero) is 1. The predicted octanol–water partition coefficient (Wildman–Crippen LogP) is 4.93. The molecule has 0 aromatic heterocycles. The molecule has 4 aromatic carbocycles. The molecule has 6 rings (SSSR count). The molecule has 0 saturated carbocycles. The highest BCUT2D eigenvalue weighted by Gasteiger charge is 2.52. The zero-order valence-electron chi connectivity index (χ0n) is 24.8. The van der Waals surface area contributed by atoms with Crippen LogP contribution in [0.3, 0.4) is 0 Å². The topological polar surface area (TPSA) is 86.8 Å². The Balaban J connectivity index is 1.24. The van der Waals surface area contributed by atoms with Crippen LogP contribution in [0.1, 0.15) is 39.4 Å². The number of carbonyl (C=O) groups is 4. The number of ketones is 1. The zero-order valence-corrected chi connectivity index (χ0v) is 25.6. The summed E-state index contributed by atoms with van der Waals surface area (Å²) in [7, 11) is 0. The highest BCUT2D eigenvalue weighted by Crippen LogP contribution is 2.32. The minimum absolute atomic E-state index is 0.0310. The van der Waals surface area contributed by atoms with Crippen molar-refractivity contribution in [1.29, 1.82) is 0 Å². The molecule has 2 heterocycles. The Kier molecular flexibility index (Phi) is 9.41. The van der Waals surface area contributed by atoms with Crippen molar-refractivity contribution in [2.24, 2.45) is 0 Å². The number of amides is 3. The third-order valence-electron chi connectivity index (χ3n) is 8.53. The Labute approximate surface area is 267 Å². The van der Waals surface area contributed by atoms with Gasteiger partial charge in [0.05, 0.1) is 18.5 Å². The summed E-state index contributed by atoms with van der Waals surface area (Å²) in [6.45, 7) is 0.311. The summed E-state index contributed by atoms with van der Waals surface area (Å²) in [4.78, 5) is 58.3. The van der Waals surface area contributed by atoms with Crippen LogP contribution in [0.2, 0.25) is 0 Å². The summed E-state index contributed by atoms with van der Waals surface area (Å²) in [5.41, 5.74) is 3.29. The molecular weight excluding hydrogens is 582 g/mol. The molecule has 0 spiro atoms. The van der Waals surface area contributed by atoms with Gasteiger partial charge in [-0.15, -0.1) is 0 Å². The third-order valence-corrected chi connectivity index (χ3v) is 9.63. The number of thioether (sulfide) groups is 1. The molecule has 228 valence electrons. The highest BCUT2D eigenvalue weighted by atomic mass is 32.2. The number of rotatable bonds is 10. The van der Waals surface area contributed by atoms with Crippen molar-refractivity contribution in [1.82, 2.24) is 15.1 Å². The van der Waals surface area contributed by atoms with Gasteiger partial charge in [-0.05, 0) is 35.2 Å². The van der Waals surface area contributed by atoms with E-state index in [1.54, 1.807) is 45.8 Å². The van der Waals surface area contributed by atoms with Crippen LogP contribution in [0.4, 0.5) is 0 Å². The zero-order chi connectivity index (χ0) is 31.2. The van der Waals surface area contributed by atoms with Crippen LogP contribution >= 0.6 is 11.8 Å². The Morgan fingerprint density at radius 3 is 1.91 bits per heavy atom. The molecular formula is C37H35N3O4S. The van der Waals surface area contributed by atoms with Crippen molar-refractivity contribution >= 4 is 35.3 Å². The van der Waals surface area contributed by atoms with Gasteiger partial charge in [0.1, 0.15) is 12.1 Å². The standard InChI is InChI=1S/C37H35N3O4S/c41-32-23-40(36(43)29-19-11-4-12-20-29)31-21-22-39(34(31)32)37(44)30(25-45-24-26-13-5-1-6-14-26)38-35(42)33(27-15-7-2-8-16-27)28-17-9-3-10-18-28/h1-20,30-31,33-34H,21-25H2,(H,38,42). The largest absolute Gasteiger partial charge is 0.343 e. The van der Waals surface area contributed by atoms with Gasteiger partial charge in [-0.1, -0.05) is 109 Å². The molecule has 1 N–H and O–H groups in total. The van der Waals surface area contributed by atoms with E-state index in [4.69, 9.17) is 0 Å². The first-order valence-electron chi connectivity index (χ1n) is 15.2. The van der Waals surface area contributed by atoms with Gasteiger partial charge in [0, 0.05) is 23.6 Å². The van der Waals surface area contributed by atoms with Crippen molar-refractivity contribution < 1.29 is 19.2 Å². The van der Waals surface area contributed by atoms with Crippen LogP contribution in [0, 0.1) is 0 Å². The Morgan fingerprint density at radius 2 is 1.31 bits per heavy atom. The number of likely N-dealkylation sites (tertiary alicyclic amines) is 2. The maximum Gasteiger partial charge on any atom is 0.254 e. The SMILES string of the molecule is O=C(NC(CSCc1ccccc1)C(=O)N1CCC2C1C(=O)CN2C(=O)c1ccccc1)C(c1ccccc1)c1ccccc1. The molecule has 2 aliphatic heterocycles. The molecule has 4 aromatic rings. The monoisotopic (exact) mass is 617 g/mol. The molecule has 0 aliphatic carbocycles. The fourth-order valence-corrected chi connectivity index (χ4v) is 7.38. The Hall–Kier alpha value is -4.69. The average molecular weight is 618 g/mol. The summed E-state index contributed by atoms with van der Waals surface area (Å²) in [6.07, 6.45) is 0.509. The van der Waals surface area contributed by atoms with E-state index in [2.05, 4.69) is 5.32 Å². The van der Waals surface area contributed by atoms with Crippen LogP contribution in [0.5, 0.6) is 0 Å². The number of nitrogens with zero attached hydrogens (tertiary/aromatic N) is 2. The maximum atomic E-state index is 14.3. The second-order valence-corrected chi connectivity index (χ2v) is 12.4. The molecule has 2 fully saturated rings. The van der Waals surface area contributed by atoms with Gasteiger partial charge in [-0.3, -0.25) is 19.2 Å². The van der Waals surface area contributed by atoms with E-state index in [0.717, 1.165) is 16.7 Å². The van der Waals surface area contributed by atoms with Gasteiger partial charge in [0.25, 0.3) is 5.91 Å². The number of fused-ring (bicyclic) bond motifs is 1. The molecule has 2 aliphatic rings. The molecule has 8 heteroatoms. The second kappa shape index (κ2) is 13.9. The normalized spacial score (nSPS) is 18.1. The number of benzene rings is 4. The minimum atomic E-state index is -0.855. The summed E-state index contributed by atoms with van der Waals surface area (Å²) in [5.74, 6) is -0.527.